The van der Waals surface area contributed by atoms with Crippen molar-refractivity contribution in [1.29, 1.82) is 0 Å². The van der Waals surface area contributed by atoms with Crippen LogP contribution in [0.4, 0.5) is 0 Å². The van der Waals surface area contributed by atoms with Crippen molar-refractivity contribution in [2.75, 3.05) is 0 Å². The van der Waals surface area contributed by atoms with Gasteiger partial charge in [0.15, 0.2) is 0 Å². The van der Waals surface area contributed by atoms with Gasteiger partial charge in [0.25, 0.3) is 0 Å². The molecule has 0 atom stereocenters. The van der Waals surface area contributed by atoms with Crippen LogP contribution >= 0.6 is 11.6 Å². The van der Waals surface area contributed by atoms with Crippen molar-refractivity contribution in [2.45, 2.75) is 5.88 Å². The van der Waals surface area contributed by atoms with Gasteiger partial charge in [-0.15, -0.1) is 11.6 Å². The largest absolute Gasteiger partial charge is 0.508 e. The maximum absolute atomic E-state index is 8.91. The Morgan fingerprint density at radius 2 is 1.60 bits per heavy atom. The monoisotopic (exact) mass is 158 g/mol. The quantitative estimate of drug-likeness (QED) is 0.613. The fraction of sp³-hybridized carbons (Fsp3) is 0.143. The third-order valence-corrected chi connectivity index (χ3v) is 1.43. The van der Waals surface area contributed by atoms with E-state index < -0.39 is 0 Å². The third kappa shape index (κ3) is 1.54. The maximum Gasteiger partial charge on any atom is 0.119 e. The van der Waals surface area contributed by atoms with E-state index in [2.05, 4.69) is 0 Å². The van der Waals surface area contributed by atoms with Crippen LogP contribution in [0.3, 0.4) is 0 Å². The third-order valence-electron chi connectivity index (χ3n) is 1.12. The molecule has 54 valence electrons. The summed E-state index contributed by atoms with van der Waals surface area (Å²) in [6.45, 7) is 0. The van der Waals surface area contributed by atoms with Crippen LogP contribution in [0.15, 0.2) is 18.2 Å². The molecule has 0 aromatic heterocycles. The van der Waals surface area contributed by atoms with Gasteiger partial charge in [-0.2, -0.15) is 0 Å². The molecule has 2 nitrogen and oxygen atoms in total. The molecule has 0 spiro atoms. The van der Waals surface area contributed by atoms with Crippen LogP contribution in [0, 0.1) is 0 Å². The van der Waals surface area contributed by atoms with E-state index in [0.29, 0.717) is 11.4 Å². The van der Waals surface area contributed by atoms with Gasteiger partial charge in [0.2, 0.25) is 0 Å². The molecule has 0 amide bonds. The van der Waals surface area contributed by atoms with Gasteiger partial charge in [0, 0.05) is 11.9 Å². The van der Waals surface area contributed by atoms with E-state index in [1.807, 2.05) is 0 Å². The minimum Gasteiger partial charge on any atom is -0.508 e. The summed E-state index contributed by atoms with van der Waals surface area (Å²) in [5.41, 5.74) is 0.708. The van der Waals surface area contributed by atoms with E-state index >= 15 is 0 Å². The lowest BCUT2D eigenvalue weighted by molar-refractivity contribution is 0.449. The fourth-order valence-electron chi connectivity index (χ4n) is 0.734. The topological polar surface area (TPSA) is 40.5 Å². The minimum absolute atomic E-state index is 0.0376. The highest BCUT2D eigenvalue weighted by molar-refractivity contribution is 6.17. The lowest BCUT2D eigenvalue weighted by Gasteiger charge is -1.97. The summed E-state index contributed by atoms with van der Waals surface area (Å²) in [5, 5.41) is 17.8. The summed E-state index contributed by atoms with van der Waals surface area (Å²) >= 11 is 5.45. The molecule has 0 bridgehead atoms. The van der Waals surface area contributed by atoms with Crippen molar-refractivity contribution in [3.63, 3.8) is 0 Å². The molecule has 1 aromatic carbocycles. The van der Waals surface area contributed by atoms with Crippen molar-refractivity contribution in [1.82, 2.24) is 0 Å². The van der Waals surface area contributed by atoms with Crippen LogP contribution in [0.2, 0.25) is 0 Å². The first-order valence-electron chi connectivity index (χ1n) is 2.80. The molecule has 1 aromatic rings. The van der Waals surface area contributed by atoms with Gasteiger partial charge < -0.3 is 10.2 Å². The second-order valence-electron chi connectivity index (χ2n) is 1.99. The van der Waals surface area contributed by atoms with Crippen molar-refractivity contribution < 1.29 is 10.2 Å². The number of phenols is 2. The Kier molecular flexibility index (Phi) is 2.02. The van der Waals surface area contributed by atoms with Crippen LogP contribution in [0.25, 0.3) is 0 Å². The number of aromatic hydroxyl groups is 2. The van der Waals surface area contributed by atoms with Gasteiger partial charge in [-0.25, -0.2) is 0 Å². The van der Waals surface area contributed by atoms with Crippen LogP contribution in [-0.2, 0) is 5.88 Å². The average molecular weight is 159 g/mol. The highest BCUT2D eigenvalue weighted by Gasteiger charge is 1.95. The Hall–Kier alpha value is -0.890. The first-order valence-corrected chi connectivity index (χ1v) is 3.33. The molecule has 3 heteroatoms. The van der Waals surface area contributed by atoms with E-state index in [-0.39, 0.29) is 11.5 Å². The van der Waals surface area contributed by atoms with Crippen molar-refractivity contribution in [2.24, 2.45) is 0 Å². The summed E-state index contributed by atoms with van der Waals surface area (Å²) in [6.07, 6.45) is 0. The predicted molar refractivity (Wildman–Crippen MR) is 39.3 cm³/mol. The standard InChI is InChI=1S/C7H7ClO2/c8-4-5-1-6(9)3-7(10)2-5/h1-3,9-10H,4H2. The highest BCUT2D eigenvalue weighted by atomic mass is 35.5. The lowest BCUT2D eigenvalue weighted by atomic mass is 10.2. The zero-order valence-corrected chi connectivity index (χ0v) is 5.97. The Bertz CT molecular complexity index is 215. The maximum atomic E-state index is 8.91. The molecule has 0 saturated heterocycles. The second-order valence-corrected chi connectivity index (χ2v) is 2.26. The Morgan fingerprint density at radius 3 is 2.00 bits per heavy atom. The SMILES string of the molecule is Oc1cc(O)cc(CCl)c1. The zero-order valence-electron chi connectivity index (χ0n) is 5.21. The zero-order chi connectivity index (χ0) is 7.56. The van der Waals surface area contributed by atoms with Crippen molar-refractivity contribution in [3.8, 4) is 11.5 Å². The number of hydrogen-bond acceptors (Lipinski definition) is 2. The molecule has 0 heterocycles. The second kappa shape index (κ2) is 2.80. The van der Waals surface area contributed by atoms with Crippen LogP contribution < -0.4 is 0 Å². The first-order chi connectivity index (χ1) is 4.72. The molecule has 0 unspecified atom stereocenters. The summed E-state index contributed by atoms with van der Waals surface area (Å²) < 4.78 is 0. The summed E-state index contributed by atoms with van der Waals surface area (Å²) in [5.74, 6) is 0.369. The molecule has 0 saturated carbocycles. The van der Waals surface area contributed by atoms with E-state index in [4.69, 9.17) is 21.8 Å². The Morgan fingerprint density at radius 1 is 1.10 bits per heavy atom. The number of hydrogen-bond donors (Lipinski definition) is 2. The van der Waals surface area contributed by atoms with E-state index in [1.54, 1.807) is 0 Å². The van der Waals surface area contributed by atoms with Gasteiger partial charge >= 0.3 is 0 Å². The van der Waals surface area contributed by atoms with Gasteiger partial charge in [-0.3, -0.25) is 0 Å². The van der Waals surface area contributed by atoms with Gasteiger partial charge in [0.1, 0.15) is 11.5 Å². The molecular weight excluding hydrogens is 152 g/mol. The molecule has 0 fully saturated rings. The minimum atomic E-state index is 0.0376. The molecule has 0 aliphatic rings. The first kappa shape index (κ1) is 7.22. The van der Waals surface area contributed by atoms with Crippen LogP contribution in [0.1, 0.15) is 5.56 Å². The molecule has 10 heavy (non-hydrogen) atoms. The predicted octanol–water partition coefficient (Wildman–Crippen LogP) is 1.84. The average Bonchev–Trinajstić information content (AvgIpc) is 1.85. The number of benzene rings is 1. The number of alkyl halides is 1. The number of rotatable bonds is 1. The summed E-state index contributed by atoms with van der Waals surface area (Å²) in [7, 11) is 0. The fourth-order valence-corrected chi connectivity index (χ4v) is 0.888. The van der Waals surface area contributed by atoms with Crippen LogP contribution in [0.5, 0.6) is 11.5 Å². The van der Waals surface area contributed by atoms with E-state index in [0.717, 1.165) is 0 Å². The molecule has 2 N–H and O–H groups in total. The molecule has 1 rings (SSSR count). The Balaban J connectivity index is 3.06. The van der Waals surface area contributed by atoms with Gasteiger partial charge in [-0.1, -0.05) is 0 Å². The lowest BCUT2D eigenvalue weighted by Crippen LogP contribution is -1.75. The molecule has 0 radical (unpaired) electrons. The van der Waals surface area contributed by atoms with Gasteiger partial charge in [-0.05, 0) is 17.7 Å². The molecular formula is C7H7ClO2. The van der Waals surface area contributed by atoms with E-state index in [1.165, 1.54) is 18.2 Å². The van der Waals surface area contributed by atoms with E-state index in [9.17, 15) is 0 Å². The number of phenolic OH excluding ortho intramolecular Hbond substituents is 2. The molecule has 0 aliphatic heterocycles. The molecule has 0 aliphatic carbocycles. The van der Waals surface area contributed by atoms with Crippen molar-refractivity contribution in [3.05, 3.63) is 23.8 Å². The number of halogens is 1. The summed E-state index contributed by atoms with van der Waals surface area (Å²) in [4.78, 5) is 0. The van der Waals surface area contributed by atoms with Gasteiger partial charge in [0.05, 0.1) is 0 Å². The Labute approximate surface area is 63.7 Å². The normalized spacial score (nSPS) is 9.70. The van der Waals surface area contributed by atoms with Crippen molar-refractivity contribution >= 4 is 11.6 Å². The smallest absolute Gasteiger partial charge is 0.119 e. The van der Waals surface area contributed by atoms with Crippen LogP contribution in [-0.4, -0.2) is 10.2 Å². The highest BCUT2D eigenvalue weighted by Crippen LogP contribution is 2.20. The summed E-state index contributed by atoms with van der Waals surface area (Å²) in [6, 6.07) is 4.27.